The molecule has 0 saturated carbocycles. The van der Waals surface area contributed by atoms with Crippen LogP contribution in [0, 0.1) is 5.82 Å². The van der Waals surface area contributed by atoms with E-state index in [9.17, 15) is 14.3 Å². The molecular formula is C15H12FN3O3. The lowest BCUT2D eigenvalue weighted by atomic mass is 10.2. The number of nitrogens with zero attached hydrogens (tertiary/aromatic N) is 2. The normalized spacial score (nSPS) is 10.8. The highest BCUT2D eigenvalue weighted by molar-refractivity contribution is 6.00. The van der Waals surface area contributed by atoms with Gasteiger partial charge < -0.3 is 9.67 Å². The minimum atomic E-state index is -0.884. The molecule has 112 valence electrons. The fraction of sp³-hybridized carbons (Fsp3) is 0.0667. The Balaban J connectivity index is 2.00. The first-order valence-electron chi connectivity index (χ1n) is 6.46. The minimum absolute atomic E-state index is 0.255. The Hall–Kier alpha value is -2.93. The minimum Gasteiger partial charge on any atom is -0.505 e. The molecule has 1 aromatic carbocycles. The van der Waals surface area contributed by atoms with Crippen molar-refractivity contribution in [3.05, 3.63) is 59.8 Å². The summed E-state index contributed by atoms with van der Waals surface area (Å²) in [5, 5.41) is 19.1. The molecule has 1 amide bonds. The first kappa shape index (κ1) is 14.0. The van der Waals surface area contributed by atoms with E-state index in [0.29, 0.717) is 17.4 Å². The number of carbonyl (C=O) groups excluding carboxylic acids is 1. The van der Waals surface area contributed by atoms with Crippen LogP contribution in [0.2, 0.25) is 0 Å². The highest BCUT2D eigenvalue weighted by atomic mass is 19.1. The lowest BCUT2D eigenvalue weighted by molar-refractivity contribution is 0.0698. The van der Waals surface area contributed by atoms with Gasteiger partial charge in [-0.3, -0.25) is 10.0 Å². The van der Waals surface area contributed by atoms with Crippen LogP contribution in [0.3, 0.4) is 0 Å². The van der Waals surface area contributed by atoms with Crippen molar-refractivity contribution in [2.45, 2.75) is 6.54 Å². The van der Waals surface area contributed by atoms with Crippen LogP contribution in [0.15, 0.2) is 42.7 Å². The number of aromatic nitrogens is 2. The van der Waals surface area contributed by atoms with Crippen LogP contribution in [0.1, 0.15) is 16.1 Å². The lowest BCUT2D eigenvalue weighted by Crippen LogP contribution is -2.20. The molecule has 7 heteroatoms. The number of amides is 1. The third kappa shape index (κ3) is 2.38. The van der Waals surface area contributed by atoms with Crippen molar-refractivity contribution in [2.75, 3.05) is 0 Å². The summed E-state index contributed by atoms with van der Waals surface area (Å²) in [6, 6.07) is 7.73. The van der Waals surface area contributed by atoms with Crippen LogP contribution in [-0.2, 0) is 6.54 Å². The number of hydrogen-bond acceptors (Lipinski definition) is 4. The molecule has 0 radical (unpaired) electrons. The maximum atomic E-state index is 12.9. The SMILES string of the molecule is O=C(NO)c1ncc2c(ccn2Cc2ccc(F)cc2)c1O. The fourth-order valence-corrected chi connectivity index (χ4v) is 2.29. The molecule has 0 spiro atoms. The molecule has 0 atom stereocenters. The molecule has 3 rings (SSSR count). The molecule has 3 aromatic rings. The van der Waals surface area contributed by atoms with E-state index in [2.05, 4.69) is 4.98 Å². The van der Waals surface area contributed by atoms with Crippen LogP contribution < -0.4 is 5.48 Å². The van der Waals surface area contributed by atoms with E-state index >= 15 is 0 Å². The van der Waals surface area contributed by atoms with E-state index < -0.39 is 5.91 Å². The van der Waals surface area contributed by atoms with Crippen molar-refractivity contribution in [1.29, 1.82) is 0 Å². The summed E-state index contributed by atoms with van der Waals surface area (Å²) in [7, 11) is 0. The number of carbonyl (C=O) groups is 1. The maximum absolute atomic E-state index is 12.9. The summed E-state index contributed by atoms with van der Waals surface area (Å²) in [6.07, 6.45) is 3.17. The van der Waals surface area contributed by atoms with Gasteiger partial charge >= 0.3 is 0 Å². The van der Waals surface area contributed by atoms with Crippen LogP contribution in [0.5, 0.6) is 5.75 Å². The molecule has 0 aliphatic rings. The number of hydroxylamine groups is 1. The zero-order valence-electron chi connectivity index (χ0n) is 11.3. The van der Waals surface area contributed by atoms with Crippen LogP contribution in [-0.4, -0.2) is 25.8 Å². The number of rotatable bonds is 3. The summed E-state index contributed by atoms with van der Waals surface area (Å²) in [6.45, 7) is 0.469. The van der Waals surface area contributed by atoms with E-state index in [-0.39, 0.29) is 17.3 Å². The van der Waals surface area contributed by atoms with E-state index in [1.165, 1.54) is 23.8 Å². The molecule has 0 bridgehead atoms. The summed E-state index contributed by atoms with van der Waals surface area (Å²) >= 11 is 0. The number of hydrogen-bond donors (Lipinski definition) is 3. The van der Waals surface area contributed by atoms with Gasteiger partial charge in [0.25, 0.3) is 5.91 Å². The zero-order valence-corrected chi connectivity index (χ0v) is 11.3. The summed E-state index contributed by atoms with van der Waals surface area (Å²) in [5.41, 5.74) is 2.69. The fourth-order valence-electron chi connectivity index (χ4n) is 2.29. The first-order chi connectivity index (χ1) is 10.6. The van der Waals surface area contributed by atoms with Gasteiger partial charge in [0, 0.05) is 18.1 Å². The van der Waals surface area contributed by atoms with E-state index in [1.807, 2.05) is 4.57 Å². The predicted molar refractivity (Wildman–Crippen MR) is 76.2 cm³/mol. The Bertz CT molecular complexity index is 843. The highest BCUT2D eigenvalue weighted by Gasteiger charge is 2.16. The van der Waals surface area contributed by atoms with Gasteiger partial charge in [0.2, 0.25) is 0 Å². The second-order valence-electron chi connectivity index (χ2n) is 4.77. The molecule has 0 aliphatic heterocycles. The Morgan fingerprint density at radius 3 is 2.68 bits per heavy atom. The van der Waals surface area contributed by atoms with Crippen LogP contribution in [0.4, 0.5) is 4.39 Å². The van der Waals surface area contributed by atoms with Crippen molar-refractivity contribution in [3.8, 4) is 5.75 Å². The Kier molecular flexibility index (Phi) is 3.48. The number of fused-ring (bicyclic) bond motifs is 1. The number of aromatic hydroxyl groups is 1. The lowest BCUT2D eigenvalue weighted by Gasteiger charge is -2.07. The second kappa shape index (κ2) is 5.45. The molecule has 0 saturated heterocycles. The molecule has 6 nitrogen and oxygen atoms in total. The number of halogens is 1. The highest BCUT2D eigenvalue weighted by Crippen LogP contribution is 2.28. The first-order valence-corrected chi connectivity index (χ1v) is 6.46. The molecule has 22 heavy (non-hydrogen) atoms. The van der Waals surface area contributed by atoms with E-state index in [4.69, 9.17) is 5.21 Å². The standard InChI is InChI=1S/C15H12FN3O3/c16-10-3-1-9(2-4-10)8-19-6-5-11-12(19)7-17-13(14(11)20)15(21)18-22/h1-7,20,22H,8H2,(H,18,21). The van der Waals surface area contributed by atoms with Gasteiger partial charge in [-0.25, -0.2) is 14.9 Å². The smallest absolute Gasteiger partial charge is 0.297 e. The Morgan fingerprint density at radius 1 is 1.27 bits per heavy atom. The van der Waals surface area contributed by atoms with Crippen molar-refractivity contribution in [3.63, 3.8) is 0 Å². The van der Waals surface area contributed by atoms with Crippen molar-refractivity contribution in [1.82, 2.24) is 15.0 Å². The number of nitrogens with one attached hydrogen (secondary N) is 1. The third-order valence-corrected chi connectivity index (χ3v) is 3.38. The van der Waals surface area contributed by atoms with Crippen molar-refractivity contribution < 1.29 is 19.5 Å². The van der Waals surface area contributed by atoms with E-state index in [1.54, 1.807) is 24.4 Å². The van der Waals surface area contributed by atoms with Crippen LogP contribution in [0.25, 0.3) is 10.9 Å². The molecule has 2 heterocycles. The van der Waals surface area contributed by atoms with Crippen molar-refractivity contribution in [2.24, 2.45) is 0 Å². The van der Waals surface area contributed by atoms with Gasteiger partial charge in [0.15, 0.2) is 11.4 Å². The van der Waals surface area contributed by atoms with E-state index in [0.717, 1.165) is 5.56 Å². The maximum Gasteiger partial charge on any atom is 0.297 e. The Labute approximate surface area is 124 Å². The molecule has 0 fully saturated rings. The third-order valence-electron chi connectivity index (χ3n) is 3.38. The number of benzene rings is 1. The zero-order chi connectivity index (χ0) is 15.7. The second-order valence-corrected chi connectivity index (χ2v) is 4.77. The van der Waals surface area contributed by atoms with Gasteiger partial charge in [-0.15, -0.1) is 0 Å². The number of pyridine rings is 1. The topological polar surface area (TPSA) is 87.4 Å². The van der Waals surface area contributed by atoms with Gasteiger partial charge in [0.1, 0.15) is 5.82 Å². The summed E-state index contributed by atoms with van der Waals surface area (Å²) in [4.78, 5) is 15.2. The van der Waals surface area contributed by atoms with Gasteiger partial charge in [-0.1, -0.05) is 12.1 Å². The molecule has 2 aromatic heterocycles. The molecule has 0 aliphatic carbocycles. The average molecular weight is 301 g/mol. The van der Waals surface area contributed by atoms with Crippen molar-refractivity contribution >= 4 is 16.8 Å². The molecule has 3 N–H and O–H groups in total. The largest absolute Gasteiger partial charge is 0.505 e. The summed E-state index contributed by atoms with van der Waals surface area (Å²) in [5.74, 6) is -1.49. The molecule has 0 unspecified atom stereocenters. The monoisotopic (exact) mass is 301 g/mol. The predicted octanol–water partition coefficient (Wildman–Crippen LogP) is 2.05. The van der Waals surface area contributed by atoms with Gasteiger partial charge in [-0.2, -0.15) is 0 Å². The van der Waals surface area contributed by atoms with Crippen LogP contribution >= 0.6 is 0 Å². The summed E-state index contributed by atoms with van der Waals surface area (Å²) < 4.78 is 14.7. The quantitative estimate of drug-likeness (QED) is 0.510. The van der Waals surface area contributed by atoms with Gasteiger partial charge in [-0.05, 0) is 23.8 Å². The molecular weight excluding hydrogens is 289 g/mol. The average Bonchev–Trinajstić information content (AvgIpc) is 2.93. The Morgan fingerprint density at radius 2 is 2.00 bits per heavy atom. The van der Waals surface area contributed by atoms with Gasteiger partial charge in [0.05, 0.1) is 11.7 Å².